The fourth-order valence-electron chi connectivity index (χ4n) is 2.19. The van der Waals surface area contributed by atoms with Crippen LogP contribution in [-0.4, -0.2) is 26.5 Å². The molecule has 0 aliphatic heterocycles. The lowest BCUT2D eigenvalue weighted by atomic mass is 10.1. The smallest absolute Gasteiger partial charge is 0.114 e. The topological polar surface area (TPSA) is 69.6 Å². The van der Waals surface area contributed by atoms with E-state index < -0.39 is 0 Å². The van der Waals surface area contributed by atoms with Gasteiger partial charge in [-0.25, -0.2) is 4.68 Å². The number of hydrogen-bond donors (Lipinski definition) is 1. The molecular weight excluding hydrogens is 262 g/mol. The number of benzene rings is 1. The molecule has 0 spiro atoms. The van der Waals surface area contributed by atoms with Gasteiger partial charge in [-0.05, 0) is 36.2 Å². The third-order valence-electron chi connectivity index (χ3n) is 3.30. The highest BCUT2D eigenvalue weighted by atomic mass is 15.4. The predicted molar refractivity (Wildman–Crippen MR) is 81.6 cm³/mol. The number of aromatic nitrogens is 4. The largest absolute Gasteiger partial charge is 0.330 e. The molecule has 5 nitrogen and oxygen atoms in total. The lowest BCUT2D eigenvalue weighted by Gasteiger charge is -2.03. The van der Waals surface area contributed by atoms with E-state index >= 15 is 0 Å². The van der Waals surface area contributed by atoms with Crippen LogP contribution in [0.1, 0.15) is 11.1 Å². The molecule has 2 N–H and O–H groups in total. The van der Waals surface area contributed by atoms with Gasteiger partial charge in [0, 0.05) is 18.0 Å². The highest BCUT2D eigenvalue weighted by Crippen LogP contribution is 2.14. The summed E-state index contributed by atoms with van der Waals surface area (Å²) in [5, 5.41) is 8.35. The van der Waals surface area contributed by atoms with Crippen molar-refractivity contribution in [1.29, 1.82) is 0 Å². The van der Waals surface area contributed by atoms with Crippen molar-refractivity contribution in [3.05, 3.63) is 66.1 Å². The van der Waals surface area contributed by atoms with E-state index in [4.69, 9.17) is 5.73 Å². The second-order valence-electron chi connectivity index (χ2n) is 4.90. The molecule has 0 amide bonds. The molecule has 21 heavy (non-hydrogen) atoms. The number of pyridine rings is 1. The van der Waals surface area contributed by atoms with E-state index in [1.54, 1.807) is 12.4 Å². The Morgan fingerprint density at radius 1 is 1.05 bits per heavy atom. The molecule has 0 bridgehead atoms. The summed E-state index contributed by atoms with van der Waals surface area (Å²) in [7, 11) is 0. The van der Waals surface area contributed by atoms with Gasteiger partial charge in [0.15, 0.2) is 0 Å². The first-order chi connectivity index (χ1) is 10.3. The lowest BCUT2D eigenvalue weighted by Crippen LogP contribution is -2.03. The molecule has 0 aliphatic carbocycles. The minimum atomic E-state index is 0.677. The normalized spacial score (nSPS) is 10.7. The molecule has 5 heteroatoms. The van der Waals surface area contributed by atoms with Crippen molar-refractivity contribution >= 4 is 0 Å². The Bertz CT molecular complexity index is 688. The predicted octanol–water partition coefficient (Wildman–Crippen LogP) is 1.89. The van der Waals surface area contributed by atoms with E-state index in [0.717, 1.165) is 17.7 Å². The first-order valence-corrected chi connectivity index (χ1v) is 6.93. The van der Waals surface area contributed by atoms with E-state index in [2.05, 4.69) is 39.6 Å². The minimum absolute atomic E-state index is 0.677. The van der Waals surface area contributed by atoms with Crippen molar-refractivity contribution in [1.82, 2.24) is 20.0 Å². The Hall–Kier alpha value is -2.53. The summed E-state index contributed by atoms with van der Waals surface area (Å²) in [6, 6.07) is 12.3. The van der Waals surface area contributed by atoms with Crippen LogP contribution in [0.15, 0.2) is 55.0 Å². The molecule has 2 aromatic heterocycles. The summed E-state index contributed by atoms with van der Waals surface area (Å²) in [5.41, 5.74) is 9.82. The van der Waals surface area contributed by atoms with Crippen LogP contribution in [-0.2, 0) is 13.0 Å². The van der Waals surface area contributed by atoms with Crippen LogP contribution in [0.3, 0.4) is 0 Å². The van der Waals surface area contributed by atoms with Gasteiger partial charge in [-0.15, -0.1) is 5.10 Å². The number of nitrogens with zero attached hydrogens (tertiary/aromatic N) is 4. The van der Waals surface area contributed by atoms with Crippen molar-refractivity contribution in [3.63, 3.8) is 0 Å². The Morgan fingerprint density at radius 2 is 1.86 bits per heavy atom. The number of rotatable bonds is 5. The van der Waals surface area contributed by atoms with Crippen molar-refractivity contribution in [2.45, 2.75) is 13.0 Å². The molecule has 0 saturated carbocycles. The Balaban J connectivity index is 1.72. The maximum atomic E-state index is 5.55. The molecule has 0 radical (unpaired) electrons. The maximum absolute atomic E-state index is 5.55. The quantitative estimate of drug-likeness (QED) is 0.774. The van der Waals surface area contributed by atoms with Crippen LogP contribution in [0.4, 0.5) is 0 Å². The summed E-state index contributed by atoms with van der Waals surface area (Å²) >= 11 is 0. The molecule has 0 saturated heterocycles. The van der Waals surface area contributed by atoms with Crippen molar-refractivity contribution in [3.8, 4) is 11.3 Å². The third-order valence-corrected chi connectivity index (χ3v) is 3.30. The zero-order chi connectivity index (χ0) is 14.5. The second-order valence-corrected chi connectivity index (χ2v) is 4.90. The fraction of sp³-hybridized carbons (Fsp3) is 0.188. The summed E-state index contributed by atoms with van der Waals surface area (Å²) in [6.45, 7) is 1.38. The van der Waals surface area contributed by atoms with E-state index in [9.17, 15) is 0 Å². The van der Waals surface area contributed by atoms with Crippen molar-refractivity contribution in [2.75, 3.05) is 6.54 Å². The summed E-state index contributed by atoms with van der Waals surface area (Å²) in [6.07, 6.45) is 6.38. The van der Waals surface area contributed by atoms with E-state index in [-0.39, 0.29) is 0 Å². The molecular formula is C16H17N5. The summed E-state index contributed by atoms with van der Waals surface area (Å²) in [4.78, 5) is 4.09. The first kappa shape index (κ1) is 13.5. The van der Waals surface area contributed by atoms with Crippen molar-refractivity contribution < 1.29 is 0 Å². The second kappa shape index (κ2) is 6.28. The molecule has 0 aliphatic rings. The van der Waals surface area contributed by atoms with Gasteiger partial charge >= 0.3 is 0 Å². The van der Waals surface area contributed by atoms with Gasteiger partial charge in [-0.3, -0.25) is 4.98 Å². The van der Waals surface area contributed by atoms with Crippen LogP contribution < -0.4 is 5.73 Å². The molecule has 0 atom stereocenters. The monoisotopic (exact) mass is 279 g/mol. The summed E-state index contributed by atoms with van der Waals surface area (Å²) in [5.74, 6) is 0. The standard InChI is InChI=1S/C16H17N5/c17-8-7-13-3-5-14(6-4-13)11-21-12-16(19-20-21)15-2-1-9-18-10-15/h1-6,9-10,12H,7-8,11,17H2. The zero-order valence-corrected chi connectivity index (χ0v) is 11.7. The van der Waals surface area contributed by atoms with Gasteiger partial charge in [0.1, 0.15) is 5.69 Å². The summed E-state index contributed by atoms with van der Waals surface area (Å²) < 4.78 is 1.83. The molecule has 1 aromatic carbocycles. The highest BCUT2D eigenvalue weighted by Gasteiger charge is 2.04. The minimum Gasteiger partial charge on any atom is -0.330 e. The van der Waals surface area contributed by atoms with Gasteiger partial charge in [0.2, 0.25) is 0 Å². The average molecular weight is 279 g/mol. The average Bonchev–Trinajstić information content (AvgIpc) is 2.99. The number of hydrogen-bond acceptors (Lipinski definition) is 4. The van der Waals surface area contributed by atoms with Gasteiger partial charge in [0.05, 0.1) is 12.7 Å². The van der Waals surface area contributed by atoms with E-state index in [1.807, 2.05) is 23.0 Å². The van der Waals surface area contributed by atoms with Crippen molar-refractivity contribution in [2.24, 2.45) is 5.73 Å². The molecule has 106 valence electrons. The molecule has 2 heterocycles. The fourth-order valence-corrected chi connectivity index (χ4v) is 2.19. The number of nitrogens with two attached hydrogens (primary N) is 1. The van der Waals surface area contributed by atoms with Crippen LogP contribution in [0.5, 0.6) is 0 Å². The van der Waals surface area contributed by atoms with Gasteiger partial charge in [-0.2, -0.15) is 0 Å². The molecule has 3 rings (SSSR count). The van der Waals surface area contributed by atoms with E-state index in [1.165, 1.54) is 11.1 Å². The molecule has 0 unspecified atom stereocenters. The van der Waals surface area contributed by atoms with Crippen LogP contribution in [0.25, 0.3) is 11.3 Å². The Labute approximate surface area is 123 Å². The van der Waals surface area contributed by atoms with Crippen LogP contribution in [0.2, 0.25) is 0 Å². The lowest BCUT2D eigenvalue weighted by molar-refractivity contribution is 0.649. The maximum Gasteiger partial charge on any atom is 0.114 e. The molecule has 0 fully saturated rings. The third kappa shape index (κ3) is 3.32. The Kier molecular flexibility index (Phi) is 4.02. The van der Waals surface area contributed by atoms with Crippen LogP contribution >= 0.6 is 0 Å². The Morgan fingerprint density at radius 3 is 2.57 bits per heavy atom. The van der Waals surface area contributed by atoms with Gasteiger partial charge in [0.25, 0.3) is 0 Å². The first-order valence-electron chi connectivity index (χ1n) is 6.93. The van der Waals surface area contributed by atoms with Gasteiger partial charge < -0.3 is 5.73 Å². The van der Waals surface area contributed by atoms with Crippen LogP contribution in [0, 0.1) is 0 Å². The SMILES string of the molecule is NCCc1ccc(Cn2cc(-c3cccnc3)nn2)cc1. The molecule has 3 aromatic rings. The zero-order valence-electron chi connectivity index (χ0n) is 11.7. The van der Waals surface area contributed by atoms with E-state index in [0.29, 0.717) is 13.1 Å². The van der Waals surface area contributed by atoms with Gasteiger partial charge in [-0.1, -0.05) is 29.5 Å². The highest BCUT2D eigenvalue weighted by molar-refractivity contribution is 5.55.